The van der Waals surface area contributed by atoms with Gasteiger partial charge in [0.15, 0.2) is 0 Å². The van der Waals surface area contributed by atoms with Gasteiger partial charge in [-0.15, -0.1) is 0 Å². The lowest BCUT2D eigenvalue weighted by atomic mass is 10.1. The van der Waals surface area contributed by atoms with Crippen LogP contribution in [0.3, 0.4) is 0 Å². The number of benzene rings is 2. The number of rotatable bonds is 4. The molecule has 0 radical (unpaired) electrons. The van der Waals surface area contributed by atoms with Crippen molar-refractivity contribution in [1.29, 1.82) is 0 Å². The smallest absolute Gasteiger partial charge is 0.318 e. The number of aromatic nitrogens is 1. The Kier molecular flexibility index (Phi) is 4.70. The van der Waals surface area contributed by atoms with Gasteiger partial charge < -0.3 is 20.9 Å². The van der Waals surface area contributed by atoms with E-state index in [1.165, 1.54) is 0 Å². The van der Waals surface area contributed by atoms with E-state index in [0.29, 0.717) is 17.8 Å². The van der Waals surface area contributed by atoms with Crippen LogP contribution in [0.2, 0.25) is 0 Å². The molecule has 0 unspecified atom stereocenters. The number of aryl methyl sites for hydroxylation is 1. The second-order valence-electron chi connectivity index (χ2n) is 5.78. The van der Waals surface area contributed by atoms with E-state index in [-0.39, 0.29) is 11.9 Å². The normalized spacial score (nSPS) is 10.5. The molecule has 0 saturated heterocycles. The van der Waals surface area contributed by atoms with Crippen LogP contribution in [0, 0.1) is 6.92 Å². The van der Waals surface area contributed by atoms with E-state index in [0.717, 1.165) is 22.2 Å². The summed E-state index contributed by atoms with van der Waals surface area (Å²) in [5.74, 6) is -0.0835. The average molecular weight is 336 g/mol. The molecule has 6 heteroatoms. The molecule has 0 spiro atoms. The van der Waals surface area contributed by atoms with Gasteiger partial charge in [0.25, 0.3) is 0 Å². The predicted molar refractivity (Wildman–Crippen MR) is 99.9 cm³/mol. The minimum atomic E-state index is -0.286. The number of carbonyl (C=O) groups is 2. The fourth-order valence-electron chi connectivity index (χ4n) is 2.76. The lowest BCUT2D eigenvalue weighted by Crippen LogP contribution is -2.24. The molecule has 1 aromatic heterocycles. The third-order valence-corrected chi connectivity index (χ3v) is 4.02. The van der Waals surface area contributed by atoms with Gasteiger partial charge in [-0.3, -0.25) is 4.79 Å². The van der Waals surface area contributed by atoms with Gasteiger partial charge in [0, 0.05) is 35.0 Å². The highest BCUT2D eigenvalue weighted by atomic mass is 16.2. The molecule has 0 aliphatic rings. The predicted octanol–water partition coefficient (Wildman–Crippen LogP) is 3.41. The number of fused-ring (bicyclic) bond motifs is 1. The third-order valence-electron chi connectivity index (χ3n) is 4.02. The van der Waals surface area contributed by atoms with E-state index < -0.39 is 0 Å². The minimum Gasteiger partial charge on any atom is -0.358 e. The standard InChI is InChI=1S/C19H20N4O2/c1-12-16(15-5-3-4-6-17(15)21-12)11-18(24)22-13-7-9-14(10-8-13)23-19(25)20-2/h3-10,21H,11H2,1-2H3,(H,22,24)(H2,20,23,25). The van der Waals surface area contributed by atoms with Crippen LogP contribution in [-0.2, 0) is 11.2 Å². The van der Waals surface area contributed by atoms with Crippen molar-refractivity contribution in [2.45, 2.75) is 13.3 Å². The molecule has 4 N–H and O–H groups in total. The van der Waals surface area contributed by atoms with Crippen LogP contribution >= 0.6 is 0 Å². The van der Waals surface area contributed by atoms with E-state index in [9.17, 15) is 9.59 Å². The molecule has 0 fully saturated rings. The largest absolute Gasteiger partial charge is 0.358 e. The van der Waals surface area contributed by atoms with Crippen LogP contribution in [0.25, 0.3) is 10.9 Å². The van der Waals surface area contributed by atoms with Crippen LogP contribution in [0.1, 0.15) is 11.3 Å². The van der Waals surface area contributed by atoms with Gasteiger partial charge in [-0.2, -0.15) is 0 Å². The number of carbonyl (C=O) groups excluding carboxylic acids is 2. The summed E-state index contributed by atoms with van der Waals surface area (Å²) in [7, 11) is 1.55. The van der Waals surface area contributed by atoms with Gasteiger partial charge in [-0.1, -0.05) is 18.2 Å². The van der Waals surface area contributed by atoms with Crippen LogP contribution in [0.15, 0.2) is 48.5 Å². The Morgan fingerprint density at radius 1 is 0.960 bits per heavy atom. The second-order valence-corrected chi connectivity index (χ2v) is 5.78. The van der Waals surface area contributed by atoms with Gasteiger partial charge >= 0.3 is 6.03 Å². The maximum Gasteiger partial charge on any atom is 0.318 e. The fourth-order valence-corrected chi connectivity index (χ4v) is 2.76. The van der Waals surface area contributed by atoms with E-state index in [4.69, 9.17) is 0 Å². The molecular weight excluding hydrogens is 316 g/mol. The number of anilines is 2. The van der Waals surface area contributed by atoms with Crippen molar-refractivity contribution in [2.75, 3.05) is 17.7 Å². The van der Waals surface area contributed by atoms with Gasteiger partial charge in [-0.05, 0) is 42.8 Å². The van der Waals surface area contributed by atoms with Crippen LogP contribution in [0.4, 0.5) is 16.2 Å². The number of H-pyrrole nitrogens is 1. The summed E-state index contributed by atoms with van der Waals surface area (Å²) in [5.41, 5.74) is 4.38. The zero-order chi connectivity index (χ0) is 17.8. The maximum absolute atomic E-state index is 12.4. The van der Waals surface area contributed by atoms with Crippen molar-refractivity contribution >= 4 is 34.2 Å². The first-order chi connectivity index (χ1) is 12.1. The molecule has 0 bridgehead atoms. The van der Waals surface area contributed by atoms with Crippen molar-refractivity contribution in [3.05, 3.63) is 59.8 Å². The molecule has 1 heterocycles. The Bertz CT molecular complexity index is 913. The quantitative estimate of drug-likeness (QED) is 0.588. The molecule has 128 valence electrons. The van der Waals surface area contributed by atoms with Crippen LogP contribution in [0.5, 0.6) is 0 Å². The number of aromatic amines is 1. The van der Waals surface area contributed by atoms with Crippen molar-refractivity contribution in [2.24, 2.45) is 0 Å². The van der Waals surface area contributed by atoms with E-state index in [1.54, 1.807) is 31.3 Å². The van der Waals surface area contributed by atoms with E-state index >= 15 is 0 Å². The fraction of sp³-hybridized carbons (Fsp3) is 0.158. The van der Waals surface area contributed by atoms with Gasteiger partial charge in [0.1, 0.15) is 0 Å². The molecule has 6 nitrogen and oxygen atoms in total. The molecule has 25 heavy (non-hydrogen) atoms. The summed E-state index contributed by atoms with van der Waals surface area (Å²) in [6.07, 6.45) is 0.300. The molecule has 2 aromatic carbocycles. The highest BCUT2D eigenvalue weighted by Crippen LogP contribution is 2.23. The highest BCUT2D eigenvalue weighted by molar-refractivity contribution is 5.96. The van der Waals surface area contributed by atoms with E-state index in [1.807, 2.05) is 31.2 Å². The summed E-state index contributed by atoms with van der Waals surface area (Å²) in [6, 6.07) is 14.7. The lowest BCUT2D eigenvalue weighted by Gasteiger charge is -2.08. The summed E-state index contributed by atoms with van der Waals surface area (Å²) < 4.78 is 0. The Morgan fingerprint density at radius 2 is 1.60 bits per heavy atom. The molecular formula is C19H20N4O2. The van der Waals surface area contributed by atoms with Crippen molar-refractivity contribution < 1.29 is 9.59 Å². The molecule has 0 aliphatic heterocycles. The molecule has 3 aromatic rings. The van der Waals surface area contributed by atoms with Crippen LogP contribution < -0.4 is 16.0 Å². The molecule has 3 amide bonds. The van der Waals surface area contributed by atoms with Gasteiger partial charge in [-0.25, -0.2) is 4.79 Å². The number of hydrogen-bond donors (Lipinski definition) is 4. The molecule has 3 rings (SSSR count). The van der Waals surface area contributed by atoms with Crippen LogP contribution in [-0.4, -0.2) is 24.0 Å². The van der Waals surface area contributed by atoms with Gasteiger partial charge in [0.05, 0.1) is 6.42 Å². The first-order valence-electron chi connectivity index (χ1n) is 8.01. The third kappa shape index (κ3) is 3.80. The Balaban J connectivity index is 1.68. The Labute approximate surface area is 145 Å². The van der Waals surface area contributed by atoms with Crippen molar-refractivity contribution in [3.8, 4) is 0 Å². The second kappa shape index (κ2) is 7.09. The maximum atomic E-state index is 12.4. The molecule has 0 saturated carbocycles. The summed E-state index contributed by atoms with van der Waals surface area (Å²) >= 11 is 0. The number of urea groups is 1. The monoisotopic (exact) mass is 336 g/mol. The van der Waals surface area contributed by atoms with Gasteiger partial charge in [0.2, 0.25) is 5.91 Å². The summed E-state index contributed by atoms with van der Waals surface area (Å²) in [5, 5.41) is 9.11. The Morgan fingerprint density at radius 3 is 2.28 bits per heavy atom. The molecule has 0 atom stereocenters. The number of hydrogen-bond acceptors (Lipinski definition) is 2. The SMILES string of the molecule is CNC(=O)Nc1ccc(NC(=O)Cc2c(C)[nH]c3ccccc23)cc1. The van der Waals surface area contributed by atoms with Crippen molar-refractivity contribution in [1.82, 2.24) is 10.3 Å². The van der Waals surface area contributed by atoms with Crippen molar-refractivity contribution in [3.63, 3.8) is 0 Å². The summed E-state index contributed by atoms with van der Waals surface area (Å²) in [4.78, 5) is 26.9. The first kappa shape index (κ1) is 16.6. The highest BCUT2D eigenvalue weighted by Gasteiger charge is 2.12. The Hall–Kier alpha value is -3.28. The molecule has 0 aliphatic carbocycles. The summed E-state index contributed by atoms with van der Waals surface area (Å²) in [6.45, 7) is 1.97. The van der Waals surface area contributed by atoms with E-state index in [2.05, 4.69) is 20.9 Å². The lowest BCUT2D eigenvalue weighted by molar-refractivity contribution is -0.115. The average Bonchev–Trinajstić information content (AvgIpc) is 2.92. The topological polar surface area (TPSA) is 86.0 Å². The zero-order valence-electron chi connectivity index (χ0n) is 14.1. The number of nitrogens with one attached hydrogen (secondary N) is 4. The zero-order valence-corrected chi connectivity index (χ0v) is 14.1. The minimum absolute atomic E-state index is 0.0835. The first-order valence-corrected chi connectivity index (χ1v) is 8.01. The number of para-hydroxylation sites is 1. The number of amides is 3.